The molecule has 0 atom stereocenters. The average molecular weight is 476 g/mol. The zero-order valence-electron chi connectivity index (χ0n) is 12.8. The Morgan fingerprint density at radius 3 is 2.68 bits per heavy atom. The standard InChI is InChI=1S/C16H11ClINO6/c1-2-24-14-6-9(8-20)5-12(18)15(14)25-16(21)10-3-4-11(17)13(7-10)19(22)23/h3-8H,2H2,1H3. The lowest BCUT2D eigenvalue weighted by Gasteiger charge is -2.13. The molecule has 7 nitrogen and oxygen atoms in total. The van der Waals surface area contributed by atoms with Crippen LogP contribution in [-0.2, 0) is 0 Å². The Hall–Kier alpha value is -2.20. The van der Waals surface area contributed by atoms with Gasteiger partial charge in [0.05, 0.1) is 20.7 Å². The van der Waals surface area contributed by atoms with Crippen molar-refractivity contribution < 1.29 is 24.0 Å². The van der Waals surface area contributed by atoms with E-state index in [1.165, 1.54) is 24.3 Å². The molecule has 2 aromatic carbocycles. The number of nitro groups is 1. The van der Waals surface area contributed by atoms with Crippen LogP contribution in [0.15, 0.2) is 30.3 Å². The summed E-state index contributed by atoms with van der Waals surface area (Å²) in [5, 5.41) is 10.9. The first-order valence-corrected chi connectivity index (χ1v) is 8.40. The predicted octanol–water partition coefficient (Wildman–Crippen LogP) is 4.28. The van der Waals surface area contributed by atoms with Crippen molar-refractivity contribution in [2.75, 3.05) is 6.61 Å². The molecule has 0 N–H and O–H groups in total. The largest absolute Gasteiger partial charge is 0.490 e. The summed E-state index contributed by atoms with van der Waals surface area (Å²) in [5.41, 5.74) is -0.0595. The van der Waals surface area contributed by atoms with E-state index in [2.05, 4.69) is 0 Å². The molecule has 2 rings (SSSR count). The second kappa shape index (κ2) is 8.26. The maximum atomic E-state index is 12.3. The van der Waals surface area contributed by atoms with Gasteiger partial charge in [0.25, 0.3) is 5.69 Å². The van der Waals surface area contributed by atoms with Gasteiger partial charge in [0, 0.05) is 11.6 Å². The Labute approximate surface area is 161 Å². The van der Waals surface area contributed by atoms with Crippen LogP contribution in [0.5, 0.6) is 11.5 Å². The number of rotatable bonds is 6. The van der Waals surface area contributed by atoms with E-state index in [9.17, 15) is 19.7 Å². The van der Waals surface area contributed by atoms with Crippen LogP contribution in [0, 0.1) is 13.7 Å². The van der Waals surface area contributed by atoms with E-state index >= 15 is 0 Å². The smallest absolute Gasteiger partial charge is 0.343 e. The topological polar surface area (TPSA) is 95.7 Å². The number of nitro benzene ring substituents is 1. The lowest BCUT2D eigenvalue weighted by Crippen LogP contribution is -2.11. The van der Waals surface area contributed by atoms with Crippen molar-refractivity contribution in [1.82, 2.24) is 0 Å². The van der Waals surface area contributed by atoms with Gasteiger partial charge < -0.3 is 9.47 Å². The van der Waals surface area contributed by atoms with Gasteiger partial charge in [-0.1, -0.05) is 11.6 Å². The van der Waals surface area contributed by atoms with Gasteiger partial charge in [0.15, 0.2) is 11.5 Å². The lowest BCUT2D eigenvalue weighted by molar-refractivity contribution is -0.384. The van der Waals surface area contributed by atoms with Crippen molar-refractivity contribution in [3.63, 3.8) is 0 Å². The molecule has 0 saturated carbocycles. The number of aldehydes is 1. The van der Waals surface area contributed by atoms with Crippen LogP contribution >= 0.6 is 34.2 Å². The van der Waals surface area contributed by atoms with Crippen molar-refractivity contribution in [3.8, 4) is 11.5 Å². The van der Waals surface area contributed by atoms with Gasteiger partial charge in [0.2, 0.25) is 0 Å². The van der Waals surface area contributed by atoms with E-state index in [1.807, 2.05) is 22.6 Å². The summed E-state index contributed by atoms with van der Waals surface area (Å²) in [4.78, 5) is 33.6. The third-order valence-electron chi connectivity index (χ3n) is 3.04. The van der Waals surface area contributed by atoms with Gasteiger partial charge in [0.1, 0.15) is 11.3 Å². The van der Waals surface area contributed by atoms with E-state index in [0.29, 0.717) is 22.0 Å². The molecule has 0 aliphatic carbocycles. The normalized spacial score (nSPS) is 10.2. The number of nitrogens with zero attached hydrogens (tertiary/aromatic N) is 1. The Bertz CT molecular complexity index is 855. The van der Waals surface area contributed by atoms with Gasteiger partial charge in [-0.3, -0.25) is 14.9 Å². The molecule has 0 aliphatic heterocycles. The van der Waals surface area contributed by atoms with Gasteiger partial charge in [-0.2, -0.15) is 0 Å². The molecule has 0 heterocycles. The summed E-state index contributed by atoms with van der Waals surface area (Å²) in [7, 11) is 0. The molecular formula is C16H11ClINO6. The van der Waals surface area contributed by atoms with Crippen LogP contribution in [-0.4, -0.2) is 23.8 Å². The lowest BCUT2D eigenvalue weighted by atomic mass is 10.2. The highest BCUT2D eigenvalue weighted by Crippen LogP contribution is 2.35. The van der Waals surface area contributed by atoms with E-state index in [1.54, 1.807) is 6.92 Å². The first-order valence-electron chi connectivity index (χ1n) is 6.95. The fourth-order valence-electron chi connectivity index (χ4n) is 1.95. The molecule has 0 spiro atoms. The molecule has 0 bridgehead atoms. The first kappa shape index (κ1) is 19.1. The van der Waals surface area contributed by atoms with Gasteiger partial charge >= 0.3 is 5.97 Å². The van der Waals surface area contributed by atoms with Crippen LogP contribution in [0.3, 0.4) is 0 Å². The monoisotopic (exact) mass is 475 g/mol. The van der Waals surface area contributed by atoms with Crippen LogP contribution in [0.25, 0.3) is 0 Å². The maximum absolute atomic E-state index is 12.3. The molecule has 9 heteroatoms. The summed E-state index contributed by atoms with van der Waals surface area (Å²) >= 11 is 7.64. The van der Waals surface area contributed by atoms with E-state index in [4.69, 9.17) is 21.1 Å². The third-order valence-corrected chi connectivity index (χ3v) is 4.16. The molecule has 2 aromatic rings. The van der Waals surface area contributed by atoms with Crippen molar-refractivity contribution in [2.45, 2.75) is 6.92 Å². The van der Waals surface area contributed by atoms with Crippen LogP contribution in [0.1, 0.15) is 27.6 Å². The number of halogens is 2. The minimum Gasteiger partial charge on any atom is -0.490 e. The zero-order valence-corrected chi connectivity index (χ0v) is 15.7. The summed E-state index contributed by atoms with van der Waals surface area (Å²) < 4.78 is 11.2. The molecular weight excluding hydrogens is 465 g/mol. The molecule has 130 valence electrons. The van der Waals surface area contributed by atoms with Crippen LogP contribution in [0.4, 0.5) is 5.69 Å². The minimum atomic E-state index is -0.808. The van der Waals surface area contributed by atoms with Crippen molar-refractivity contribution in [1.29, 1.82) is 0 Å². The van der Waals surface area contributed by atoms with E-state index in [0.717, 1.165) is 6.07 Å². The molecule has 0 fully saturated rings. The Balaban J connectivity index is 2.39. The van der Waals surface area contributed by atoms with Gasteiger partial charge in [-0.05, 0) is 53.8 Å². The van der Waals surface area contributed by atoms with Crippen molar-refractivity contribution in [2.24, 2.45) is 0 Å². The third kappa shape index (κ3) is 4.45. The molecule has 25 heavy (non-hydrogen) atoms. The summed E-state index contributed by atoms with van der Waals surface area (Å²) in [6, 6.07) is 6.59. The second-order valence-corrected chi connectivity index (χ2v) is 6.26. The van der Waals surface area contributed by atoms with Crippen molar-refractivity contribution >= 4 is 52.1 Å². The fraction of sp³-hybridized carbons (Fsp3) is 0.125. The number of carbonyl (C=O) groups is 2. The van der Waals surface area contributed by atoms with Crippen molar-refractivity contribution in [3.05, 3.63) is 60.2 Å². The summed E-state index contributed by atoms with van der Waals surface area (Å²) in [5.74, 6) is -0.443. The predicted molar refractivity (Wildman–Crippen MR) is 98.8 cm³/mol. The molecule has 0 unspecified atom stereocenters. The number of hydrogen-bond donors (Lipinski definition) is 0. The molecule has 0 aliphatic rings. The molecule has 0 radical (unpaired) electrons. The highest BCUT2D eigenvalue weighted by atomic mass is 127. The van der Waals surface area contributed by atoms with Gasteiger partial charge in [-0.25, -0.2) is 4.79 Å². The molecule has 0 aromatic heterocycles. The highest BCUT2D eigenvalue weighted by Gasteiger charge is 2.20. The van der Waals surface area contributed by atoms with Gasteiger partial charge in [-0.15, -0.1) is 0 Å². The van der Waals surface area contributed by atoms with E-state index in [-0.39, 0.29) is 22.1 Å². The van der Waals surface area contributed by atoms with Crippen LogP contribution in [0.2, 0.25) is 5.02 Å². The Morgan fingerprint density at radius 1 is 1.36 bits per heavy atom. The summed E-state index contributed by atoms with van der Waals surface area (Å²) in [6.07, 6.45) is 0.652. The highest BCUT2D eigenvalue weighted by molar-refractivity contribution is 14.1. The quantitative estimate of drug-likeness (QED) is 0.154. The minimum absolute atomic E-state index is 0.0335. The number of benzene rings is 2. The maximum Gasteiger partial charge on any atom is 0.343 e. The average Bonchev–Trinajstić information content (AvgIpc) is 2.57. The number of carbonyl (C=O) groups excluding carboxylic acids is 2. The second-order valence-electron chi connectivity index (χ2n) is 4.69. The first-order chi connectivity index (χ1) is 11.9. The number of esters is 1. The fourth-order valence-corrected chi connectivity index (χ4v) is 2.87. The molecule has 0 amide bonds. The summed E-state index contributed by atoms with van der Waals surface area (Å²) in [6.45, 7) is 2.05. The Morgan fingerprint density at radius 2 is 2.08 bits per heavy atom. The van der Waals surface area contributed by atoms with Crippen LogP contribution < -0.4 is 9.47 Å². The Kier molecular flexibility index (Phi) is 6.32. The number of hydrogen-bond acceptors (Lipinski definition) is 6. The zero-order chi connectivity index (χ0) is 18.6. The van der Waals surface area contributed by atoms with E-state index < -0.39 is 16.6 Å². The molecule has 0 saturated heterocycles. The SMILES string of the molecule is CCOc1cc(C=O)cc(I)c1OC(=O)c1ccc(Cl)c([N+](=O)[O-])c1. The number of ether oxygens (including phenoxy) is 2.